The first kappa shape index (κ1) is 37.3. The molecule has 2 aromatic rings. The Morgan fingerprint density at radius 2 is 1.96 bits per heavy atom. The van der Waals surface area contributed by atoms with Gasteiger partial charge in [-0.25, -0.2) is 4.21 Å². The summed E-state index contributed by atoms with van der Waals surface area (Å²) in [4.78, 5) is 29.6. The lowest BCUT2D eigenvalue weighted by molar-refractivity contribution is -0.128. The third kappa shape index (κ3) is 8.22. The average Bonchev–Trinajstić information content (AvgIpc) is 3.66. The quantitative estimate of drug-likeness (QED) is 0.351. The van der Waals surface area contributed by atoms with Gasteiger partial charge in [-0.15, -0.1) is 4.36 Å². The highest BCUT2D eigenvalue weighted by Gasteiger charge is 2.73. The Kier molecular flexibility index (Phi) is 11.6. The smallest absolute Gasteiger partial charge is 0.286 e. The maximum Gasteiger partial charge on any atom is 0.286 e. The van der Waals surface area contributed by atoms with Crippen molar-refractivity contribution in [2.24, 2.45) is 28.0 Å². The maximum atomic E-state index is 14.7. The Morgan fingerprint density at radius 3 is 2.77 bits per heavy atom. The van der Waals surface area contributed by atoms with Gasteiger partial charge in [0.1, 0.15) is 22.3 Å². The van der Waals surface area contributed by atoms with Crippen LogP contribution in [0.5, 0.6) is 5.75 Å². The first-order valence-electron chi connectivity index (χ1n) is 18.5. The number of carbonyl (C=O) groups excluding carboxylic acids is 2. The van der Waals surface area contributed by atoms with Gasteiger partial charge in [0.05, 0.1) is 36.4 Å². The number of allylic oxidation sites excluding steroid dienone is 1. The van der Waals surface area contributed by atoms with E-state index < -0.39 is 21.7 Å². The Hall–Kier alpha value is -3.00. The van der Waals surface area contributed by atoms with Crippen LogP contribution in [0.3, 0.4) is 0 Å². The number of nitrogens with one attached hydrogen (secondary N) is 1. The molecule has 2 saturated carbocycles. The van der Waals surface area contributed by atoms with E-state index in [0.29, 0.717) is 74.2 Å². The van der Waals surface area contributed by atoms with Crippen molar-refractivity contribution in [1.29, 1.82) is 0 Å². The monoisotopic (exact) mass is 755 g/mol. The molecule has 2 amide bonds. The van der Waals surface area contributed by atoms with E-state index in [-0.39, 0.29) is 42.2 Å². The number of fused-ring (bicyclic) bond motifs is 3. The fourth-order valence-electron chi connectivity index (χ4n) is 8.62. The zero-order chi connectivity index (χ0) is 36.3. The molecule has 7 rings (SSSR count). The van der Waals surface area contributed by atoms with Gasteiger partial charge in [0.2, 0.25) is 0 Å². The highest BCUT2D eigenvalue weighted by molar-refractivity contribution is 7.92. The predicted octanol–water partition coefficient (Wildman–Crippen LogP) is 5.77. The van der Waals surface area contributed by atoms with Gasteiger partial charge in [-0.1, -0.05) is 29.8 Å². The lowest BCUT2D eigenvalue weighted by Gasteiger charge is -2.34. The van der Waals surface area contributed by atoms with Gasteiger partial charge in [0.25, 0.3) is 11.8 Å². The number of hydrogen-bond acceptors (Lipinski definition) is 9. The van der Waals surface area contributed by atoms with E-state index in [2.05, 4.69) is 38.3 Å². The van der Waals surface area contributed by atoms with Gasteiger partial charge in [-0.2, -0.15) is 0 Å². The van der Waals surface area contributed by atoms with Crippen molar-refractivity contribution >= 4 is 39.0 Å². The summed E-state index contributed by atoms with van der Waals surface area (Å²) in [6.07, 6.45) is 9.72. The standard InChI is InChI=1S/C39H50ClN3O8S/c1-47-23-26-6-5-14-39(48-2)33-19-30(37(33)39)22-43-21-29-8-10-31(40)18-27(29)7-3-4-15-50-35-11-9-28(20-34(35)43)38(45)42-52(46,25-26)41-36(44)24-51-32-12-16-49-17-13-32/h5,8-11,14,18,20,26,30,32-33,37H,3-4,6-7,12-13,15-17,19,21-25H2,1-2H3,(H,41,42,44,45,46)/b14-5+/t26-,30+,33?,37+,39+,52?/m1/s1. The molecule has 0 aromatic heterocycles. The summed E-state index contributed by atoms with van der Waals surface area (Å²) in [5, 5.41) is 0.711. The summed E-state index contributed by atoms with van der Waals surface area (Å²) < 4.78 is 50.9. The minimum Gasteiger partial charge on any atom is -0.491 e. The van der Waals surface area contributed by atoms with Crippen LogP contribution in [0.1, 0.15) is 60.0 Å². The Labute approximate surface area is 312 Å². The van der Waals surface area contributed by atoms with Gasteiger partial charge < -0.3 is 28.6 Å². The number of carbonyl (C=O) groups is 2. The van der Waals surface area contributed by atoms with Gasteiger partial charge in [0, 0.05) is 57.0 Å². The predicted molar refractivity (Wildman–Crippen MR) is 199 cm³/mol. The largest absolute Gasteiger partial charge is 0.491 e. The van der Waals surface area contributed by atoms with E-state index in [1.807, 2.05) is 12.1 Å². The van der Waals surface area contributed by atoms with E-state index >= 15 is 0 Å². The summed E-state index contributed by atoms with van der Waals surface area (Å²) in [7, 11) is -0.240. The van der Waals surface area contributed by atoms with E-state index in [0.717, 1.165) is 37.9 Å². The van der Waals surface area contributed by atoms with Crippen molar-refractivity contribution < 1.29 is 37.5 Å². The van der Waals surface area contributed by atoms with E-state index in [1.54, 1.807) is 26.4 Å². The second kappa shape index (κ2) is 16.2. The second-order valence-electron chi connectivity index (χ2n) is 14.8. The van der Waals surface area contributed by atoms with Crippen molar-refractivity contribution in [2.75, 3.05) is 64.5 Å². The number of ether oxygens (including phenoxy) is 5. The van der Waals surface area contributed by atoms with Crippen molar-refractivity contribution in [2.45, 2.75) is 63.2 Å². The molecule has 2 unspecified atom stereocenters. The molecule has 11 nitrogen and oxygen atoms in total. The molecule has 3 fully saturated rings. The van der Waals surface area contributed by atoms with Crippen LogP contribution in [-0.2, 0) is 46.6 Å². The van der Waals surface area contributed by atoms with Crippen molar-refractivity contribution in [3.05, 3.63) is 70.3 Å². The van der Waals surface area contributed by atoms with Crippen molar-refractivity contribution in [3.63, 3.8) is 0 Å². The third-order valence-corrected chi connectivity index (χ3v) is 13.5. The average molecular weight is 756 g/mol. The van der Waals surface area contributed by atoms with Crippen molar-refractivity contribution in [1.82, 2.24) is 4.72 Å². The lowest BCUT2D eigenvalue weighted by Crippen LogP contribution is -2.39. The number of amides is 2. The Balaban J connectivity index is 1.27. The topological polar surface area (TPSA) is 125 Å². The summed E-state index contributed by atoms with van der Waals surface area (Å²) in [5.74, 6) is 0.190. The molecule has 1 N–H and O–H groups in total. The molecule has 6 atom stereocenters. The fraction of sp³-hybridized carbons (Fsp3) is 0.590. The molecular weight excluding hydrogens is 706 g/mol. The first-order chi connectivity index (χ1) is 25.2. The normalized spacial score (nSPS) is 31.4. The molecule has 2 aromatic carbocycles. The summed E-state index contributed by atoms with van der Waals surface area (Å²) in [6, 6.07) is 11.4. The highest BCUT2D eigenvalue weighted by atomic mass is 35.5. The van der Waals surface area contributed by atoms with Gasteiger partial charge in [0.15, 0.2) is 0 Å². The van der Waals surface area contributed by atoms with E-state index in [4.69, 9.17) is 35.3 Å². The SMILES string of the molecule is COC[C@H]1C/C=C/[C@]2(OC)C3C[C@@H](CN4Cc5ccc(Cl)cc5CCCCOc5ccc(cc54)C(=O)N=S(=O)(NC(=O)COC4CCOCC4)C1)[C@@H]32. The zero-order valence-corrected chi connectivity index (χ0v) is 31.6. The molecule has 13 heteroatoms. The third-order valence-electron chi connectivity index (χ3n) is 11.3. The van der Waals surface area contributed by atoms with Crippen LogP contribution in [0.2, 0.25) is 5.02 Å². The zero-order valence-electron chi connectivity index (χ0n) is 30.1. The number of anilines is 1. The molecule has 3 heterocycles. The molecule has 5 aliphatic rings. The van der Waals surface area contributed by atoms with Crippen LogP contribution in [0.25, 0.3) is 0 Å². The molecule has 282 valence electrons. The van der Waals surface area contributed by atoms with E-state index in [9.17, 15) is 13.8 Å². The van der Waals surface area contributed by atoms with Crippen LogP contribution in [-0.4, -0.2) is 87.3 Å². The summed E-state index contributed by atoms with van der Waals surface area (Å²) in [6.45, 7) is 2.97. The fourth-order valence-corrected chi connectivity index (χ4v) is 10.7. The van der Waals surface area contributed by atoms with Crippen LogP contribution in [0, 0.1) is 23.7 Å². The molecular formula is C39H50ClN3O8S. The molecule has 0 spiro atoms. The summed E-state index contributed by atoms with van der Waals surface area (Å²) in [5.41, 5.74) is 3.06. The number of methoxy groups -OCH3 is 2. The Morgan fingerprint density at radius 1 is 1.12 bits per heavy atom. The van der Waals surface area contributed by atoms with Crippen molar-refractivity contribution in [3.8, 4) is 5.75 Å². The lowest BCUT2D eigenvalue weighted by atomic mass is 9.84. The minimum atomic E-state index is -3.60. The number of halogens is 1. The second-order valence-corrected chi connectivity index (χ2v) is 17.2. The number of rotatable bonds is 7. The molecule has 0 radical (unpaired) electrons. The highest BCUT2D eigenvalue weighted by Crippen LogP contribution is 2.70. The minimum absolute atomic E-state index is 0.0745. The van der Waals surface area contributed by atoms with Gasteiger partial charge in [-0.05, 0) is 104 Å². The maximum absolute atomic E-state index is 14.7. The number of aryl methyl sites for hydroxylation is 1. The van der Waals surface area contributed by atoms with Crippen LogP contribution in [0.4, 0.5) is 5.69 Å². The molecule has 52 heavy (non-hydrogen) atoms. The first-order valence-corrected chi connectivity index (χ1v) is 20.6. The molecule has 1 saturated heterocycles. The van der Waals surface area contributed by atoms with Crippen LogP contribution in [0.15, 0.2) is 52.9 Å². The van der Waals surface area contributed by atoms with Crippen LogP contribution < -0.4 is 14.4 Å². The van der Waals surface area contributed by atoms with Crippen LogP contribution >= 0.6 is 11.6 Å². The number of hydrogen-bond donors (Lipinski definition) is 1. The number of nitrogens with zero attached hydrogens (tertiary/aromatic N) is 2. The molecule has 3 aliphatic heterocycles. The number of benzene rings is 2. The molecule has 2 bridgehead atoms. The Bertz CT molecular complexity index is 1790. The van der Waals surface area contributed by atoms with Gasteiger partial charge in [-0.3, -0.25) is 14.3 Å². The van der Waals surface area contributed by atoms with Gasteiger partial charge >= 0.3 is 0 Å². The van der Waals surface area contributed by atoms with E-state index in [1.165, 1.54) is 11.1 Å². The summed E-state index contributed by atoms with van der Waals surface area (Å²) >= 11 is 6.47. The molecule has 2 aliphatic carbocycles.